The van der Waals surface area contributed by atoms with Gasteiger partial charge in [0.05, 0.1) is 24.5 Å². The van der Waals surface area contributed by atoms with E-state index in [1.165, 1.54) is 0 Å². The summed E-state index contributed by atoms with van der Waals surface area (Å²) in [6.07, 6.45) is 1.57. The molecule has 1 aliphatic heterocycles. The van der Waals surface area contributed by atoms with Crippen molar-refractivity contribution >= 4 is 11.7 Å². The maximum Gasteiger partial charge on any atom is 0.340 e. The molecule has 4 nitrogen and oxygen atoms in total. The Morgan fingerprint density at radius 3 is 3.12 bits per heavy atom. The lowest BCUT2D eigenvalue weighted by atomic mass is 10.1. The van der Waals surface area contributed by atoms with E-state index < -0.39 is 0 Å². The van der Waals surface area contributed by atoms with Crippen LogP contribution >= 0.6 is 0 Å². The van der Waals surface area contributed by atoms with Crippen LogP contribution in [0.2, 0.25) is 0 Å². The van der Waals surface area contributed by atoms with Crippen molar-refractivity contribution in [2.45, 2.75) is 19.8 Å². The van der Waals surface area contributed by atoms with Crippen LogP contribution in [0.25, 0.3) is 0 Å². The number of carbonyl (C=O) groups excluding carboxylic acids is 1. The smallest absolute Gasteiger partial charge is 0.340 e. The van der Waals surface area contributed by atoms with E-state index in [2.05, 4.69) is 0 Å². The minimum absolute atomic E-state index is 0.353. The summed E-state index contributed by atoms with van der Waals surface area (Å²) < 4.78 is 10.4. The van der Waals surface area contributed by atoms with Crippen LogP contribution < -0.4 is 10.5 Å². The van der Waals surface area contributed by atoms with Crippen molar-refractivity contribution in [3.8, 4) is 5.75 Å². The van der Waals surface area contributed by atoms with Gasteiger partial charge in [-0.1, -0.05) is 6.92 Å². The van der Waals surface area contributed by atoms with Gasteiger partial charge in [-0.2, -0.15) is 0 Å². The number of benzene rings is 1. The molecule has 0 spiro atoms. The molecule has 0 saturated heterocycles. The second kappa shape index (κ2) is 4.43. The van der Waals surface area contributed by atoms with Gasteiger partial charge in [-0.05, 0) is 18.6 Å². The lowest BCUT2D eigenvalue weighted by Crippen LogP contribution is -2.10. The number of hydrogen-bond acceptors (Lipinski definition) is 4. The highest BCUT2D eigenvalue weighted by atomic mass is 16.5. The van der Waals surface area contributed by atoms with E-state index in [9.17, 15) is 4.79 Å². The van der Waals surface area contributed by atoms with Crippen LogP contribution in [0.1, 0.15) is 29.3 Å². The lowest BCUT2D eigenvalue weighted by Gasteiger charge is -2.08. The summed E-state index contributed by atoms with van der Waals surface area (Å²) in [6.45, 7) is 3.01. The molecule has 86 valence electrons. The maximum absolute atomic E-state index is 11.7. The zero-order valence-corrected chi connectivity index (χ0v) is 9.29. The molecule has 0 radical (unpaired) electrons. The minimum atomic E-state index is -0.353. The van der Waals surface area contributed by atoms with Gasteiger partial charge in [0, 0.05) is 12.0 Å². The summed E-state index contributed by atoms with van der Waals surface area (Å²) in [5, 5.41) is 0. The molecule has 0 aliphatic carbocycles. The Balaban J connectivity index is 2.25. The topological polar surface area (TPSA) is 61.5 Å². The molecule has 0 atom stereocenters. The Hall–Kier alpha value is -1.71. The van der Waals surface area contributed by atoms with Crippen molar-refractivity contribution in [2.75, 3.05) is 18.9 Å². The monoisotopic (exact) mass is 221 g/mol. The van der Waals surface area contributed by atoms with Crippen LogP contribution in [0, 0.1) is 0 Å². The number of esters is 1. The first kappa shape index (κ1) is 10.8. The van der Waals surface area contributed by atoms with Crippen molar-refractivity contribution in [3.63, 3.8) is 0 Å². The molecule has 4 heteroatoms. The predicted molar refractivity (Wildman–Crippen MR) is 60.6 cm³/mol. The van der Waals surface area contributed by atoms with Gasteiger partial charge in [-0.3, -0.25) is 0 Å². The molecule has 0 bridgehead atoms. The van der Waals surface area contributed by atoms with Crippen molar-refractivity contribution in [3.05, 3.63) is 23.3 Å². The van der Waals surface area contributed by atoms with E-state index in [0.717, 1.165) is 24.2 Å². The summed E-state index contributed by atoms with van der Waals surface area (Å²) in [4.78, 5) is 11.7. The first-order valence-corrected chi connectivity index (χ1v) is 5.45. The summed E-state index contributed by atoms with van der Waals surface area (Å²) >= 11 is 0. The van der Waals surface area contributed by atoms with Crippen molar-refractivity contribution in [2.24, 2.45) is 0 Å². The second-order valence-electron chi connectivity index (χ2n) is 3.74. The van der Waals surface area contributed by atoms with Crippen molar-refractivity contribution in [1.29, 1.82) is 0 Å². The number of nitrogen functional groups attached to an aromatic ring is 1. The third-order valence-electron chi connectivity index (χ3n) is 2.58. The number of hydrogen-bond donors (Lipinski definition) is 1. The van der Waals surface area contributed by atoms with Gasteiger partial charge < -0.3 is 15.2 Å². The zero-order chi connectivity index (χ0) is 11.5. The summed E-state index contributed by atoms with van der Waals surface area (Å²) in [7, 11) is 0. The van der Waals surface area contributed by atoms with Crippen molar-refractivity contribution < 1.29 is 14.3 Å². The van der Waals surface area contributed by atoms with E-state index >= 15 is 0 Å². The zero-order valence-electron chi connectivity index (χ0n) is 9.29. The lowest BCUT2D eigenvalue weighted by molar-refractivity contribution is 0.0506. The number of fused-ring (bicyclic) bond motifs is 1. The first-order chi connectivity index (χ1) is 7.74. The summed E-state index contributed by atoms with van der Waals surface area (Å²) in [5.74, 6) is 0.429. The van der Waals surface area contributed by atoms with E-state index in [-0.39, 0.29) is 5.97 Å². The average Bonchev–Trinajstić information content (AvgIpc) is 2.75. The van der Waals surface area contributed by atoms with Gasteiger partial charge in [0.1, 0.15) is 5.75 Å². The first-order valence-electron chi connectivity index (χ1n) is 5.45. The number of nitrogens with two attached hydrogens (primary N) is 1. The Morgan fingerprint density at radius 1 is 1.56 bits per heavy atom. The molecule has 0 amide bonds. The molecule has 1 heterocycles. The fourth-order valence-corrected chi connectivity index (χ4v) is 1.75. The van der Waals surface area contributed by atoms with Gasteiger partial charge in [0.25, 0.3) is 0 Å². The second-order valence-corrected chi connectivity index (χ2v) is 3.74. The normalized spacial score (nSPS) is 13.1. The van der Waals surface area contributed by atoms with E-state index in [1.807, 2.05) is 6.92 Å². The third-order valence-corrected chi connectivity index (χ3v) is 2.58. The average molecular weight is 221 g/mol. The quantitative estimate of drug-likeness (QED) is 0.624. The third kappa shape index (κ3) is 1.83. The van der Waals surface area contributed by atoms with Crippen LogP contribution in [0.5, 0.6) is 5.75 Å². The predicted octanol–water partition coefficient (Wildman–Crippen LogP) is 1.77. The minimum Gasteiger partial charge on any atom is -0.493 e. The standard InChI is InChI=1S/C12H15NO3/c1-2-6-16-12(14)9-3-4-10-8(11(9)13)5-7-15-10/h3-4H,2,5-7,13H2,1H3. The molecule has 0 fully saturated rings. The molecule has 2 N–H and O–H groups in total. The van der Waals surface area contributed by atoms with E-state index in [4.69, 9.17) is 15.2 Å². The molecular formula is C12H15NO3. The van der Waals surface area contributed by atoms with Crippen LogP contribution in [-0.2, 0) is 11.2 Å². The summed E-state index contributed by atoms with van der Waals surface area (Å²) in [6, 6.07) is 3.44. The molecule has 0 saturated carbocycles. The molecule has 1 aromatic carbocycles. The molecule has 16 heavy (non-hydrogen) atoms. The molecule has 0 unspecified atom stereocenters. The largest absolute Gasteiger partial charge is 0.493 e. The fraction of sp³-hybridized carbons (Fsp3) is 0.417. The highest BCUT2D eigenvalue weighted by molar-refractivity contribution is 5.96. The van der Waals surface area contributed by atoms with Crippen LogP contribution in [0.15, 0.2) is 12.1 Å². The molecule has 1 aliphatic rings. The molecule has 2 rings (SSSR count). The van der Waals surface area contributed by atoms with Crippen LogP contribution in [-0.4, -0.2) is 19.2 Å². The highest BCUT2D eigenvalue weighted by Crippen LogP contribution is 2.32. The van der Waals surface area contributed by atoms with Gasteiger partial charge in [0.15, 0.2) is 0 Å². The Bertz CT molecular complexity index is 415. The molecule has 0 aromatic heterocycles. The Kier molecular flexibility index (Phi) is 2.99. The van der Waals surface area contributed by atoms with Gasteiger partial charge in [-0.15, -0.1) is 0 Å². The van der Waals surface area contributed by atoms with Crippen LogP contribution in [0.3, 0.4) is 0 Å². The maximum atomic E-state index is 11.7. The fourth-order valence-electron chi connectivity index (χ4n) is 1.75. The highest BCUT2D eigenvalue weighted by Gasteiger charge is 2.21. The SMILES string of the molecule is CCCOC(=O)c1ccc2c(c1N)CCO2. The number of rotatable bonds is 3. The summed E-state index contributed by atoms with van der Waals surface area (Å²) in [5.41, 5.74) is 7.79. The Labute approximate surface area is 94.3 Å². The number of anilines is 1. The van der Waals surface area contributed by atoms with Gasteiger partial charge >= 0.3 is 5.97 Å². The molecular weight excluding hydrogens is 206 g/mol. The van der Waals surface area contributed by atoms with Gasteiger partial charge in [0.2, 0.25) is 0 Å². The number of carbonyl (C=O) groups is 1. The van der Waals surface area contributed by atoms with Crippen molar-refractivity contribution in [1.82, 2.24) is 0 Å². The van der Waals surface area contributed by atoms with E-state index in [0.29, 0.717) is 24.5 Å². The number of ether oxygens (including phenoxy) is 2. The van der Waals surface area contributed by atoms with E-state index in [1.54, 1.807) is 12.1 Å². The van der Waals surface area contributed by atoms with Gasteiger partial charge in [-0.25, -0.2) is 4.79 Å². The Morgan fingerprint density at radius 2 is 2.38 bits per heavy atom. The molecule has 1 aromatic rings. The van der Waals surface area contributed by atoms with Crippen LogP contribution in [0.4, 0.5) is 5.69 Å².